The van der Waals surface area contributed by atoms with Crippen LogP contribution in [0.4, 0.5) is 0 Å². The molecule has 1 atom stereocenters. The first-order valence-corrected chi connectivity index (χ1v) is 10.7. The molecule has 1 amide bonds. The number of amides is 1. The van der Waals surface area contributed by atoms with Crippen molar-refractivity contribution in [3.8, 4) is 0 Å². The van der Waals surface area contributed by atoms with Gasteiger partial charge >= 0.3 is 0 Å². The van der Waals surface area contributed by atoms with E-state index in [1.807, 2.05) is 43.3 Å². The highest BCUT2D eigenvalue weighted by atomic mass is 16.5. The molecule has 1 heterocycles. The lowest BCUT2D eigenvalue weighted by Crippen LogP contribution is -2.36. The first kappa shape index (κ1) is 21.8. The fourth-order valence-electron chi connectivity index (χ4n) is 3.42. The fourth-order valence-corrected chi connectivity index (χ4v) is 3.42. The topological polar surface area (TPSA) is 74.8 Å². The van der Waals surface area contributed by atoms with Crippen LogP contribution in [0.1, 0.15) is 46.8 Å². The van der Waals surface area contributed by atoms with Crippen LogP contribution in [-0.4, -0.2) is 37.7 Å². The Morgan fingerprint density at radius 1 is 1.13 bits per heavy atom. The molecule has 30 heavy (non-hydrogen) atoms. The number of rotatable bonds is 8. The van der Waals surface area contributed by atoms with E-state index in [-0.39, 0.29) is 12.0 Å². The van der Waals surface area contributed by atoms with Gasteiger partial charge in [0, 0.05) is 31.8 Å². The van der Waals surface area contributed by atoms with Gasteiger partial charge in [0.05, 0.1) is 12.6 Å². The highest BCUT2D eigenvalue weighted by Gasteiger charge is 2.16. The molecule has 0 spiro atoms. The largest absolute Gasteiger partial charge is 0.376 e. The Balaban J connectivity index is 1.57. The number of nitrogens with zero attached hydrogens (tertiary/aromatic N) is 1. The lowest BCUT2D eigenvalue weighted by molar-refractivity contribution is 0.0857. The highest BCUT2D eigenvalue weighted by Crippen LogP contribution is 2.12. The number of aryl methyl sites for hydroxylation is 1. The van der Waals surface area contributed by atoms with Crippen LogP contribution >= 0.6 is 0 Å². The molecule has 1 aliphatic heterocycles. The second kappa shape index (κ2) is 11.4. The Morgan fingerprint density at radius 3 is 2.77 bits per heavy atom. The molecule has 0 aliphatic carbocycles. The van der Waals surface area contributed by atoms with Crippen LogP contribution in [0.25, 0.3) is 0 Å². The minimum atomic E-state index is -0.0686. The van der Waals surface area contributed by atoms with Crippen LogP contribution in [0.3, 0.4) is 0 Å². The van der Waals surface area contributed by atoms with Gasteiger partial charge in [-0.25, -0.2) is 4.99 Å². The molecule has 6 nitrogen and oxygen atoms in total. The molecule has 2 aromatic carbocycles. The van der Waals surface area contributed by atoms with Crippen LogP contribution in [0.5, 0.6) is 0 Å². The normalized spacial score (nSPS) is 16.3. The number of aliphatic imine (C=N–C) groups is 1. The van der Waals surface area contributed by atoms with Crippen molar-refractivity contribution in [3.05, 3.63) is 70.8 Å². The van der Waals surface area contributed by atoms with Gasteiger partial charge in [-0.3, -0.25) is 4.79 Å². The van der Waals surface area contributed by atoms with Crippen LogP contribution in [0.15, 0.2) is 53.5 Å². The predicted molar refractivity (Wildman–Crippen MR) is 121 cm³/mol. The maximum Gasteiger partial charge on any atom is 0.251 e. The molecule has 1 aliphatic rings. The maximum absolute atomic E-state index is 12.5. The molecule has 160 valence electrons. The summed E-state index contributed by atoms with van der Waals surface area (Å²) in [6.45, 7) is 7.50. The number of carbonyl (C=O) groups is 1. The zero-order valence-electron chi connectivity index (χ0n) is 17.9. The number of guanidine groups is 1. The molecular weight excluding hydrogens is 376 g/mol. The van der Waals surface area contributed by atoms with Gasteiger partial charge in [0.25, 0.3) is 5.91 Å². The molecule has 6 heteroatoms. The Hall–Kier alpha value is -2.86. The van der Waals surface area contributed by atoms with Crippen molar-refractivity contribution in [2.75, 3.05) is 19.7 Å². The summed E-state index contributed by atoms with van der Waals surface area (Å²) in [4.78, 5) is 17.1. The smallest absolute Gasteiger partial charge is 0.251 e. The van der Waals surface area contributed by atoms with E-state index in [1.54, 1.807) is 0 Å². The fraction of sp³-hybridized carbons (Fsp3) is 0.417. The zero-order valence-corrected chi connectivity index (χ0v) is 17.9. The summed E-state index contributed by atoms with van der Waals surface area (Å²) in [5, 5.41) is 9.63. The van der Waals surface area contributed by atoms with Crippen LogP contribution in [-0.2, 0) is 17.8 Å². The van der Waals surface area contributed by atoms with Gasteiger partial charge in [0.1, 0.15) is 0 Å². The van der Waals surface area contributed by atoms with Gasteiger partial charge in [0.2, 0.25) is 0 Å². The first-order chi connectivity index (χ1) is 14.7. The lowest BCUT2D eigenvalue weighted by Gasteiger charge is -2.13. The second-order valence-corrected chi connectivity index (χ2v) is 7.52. The minimum Gasteiger partial charge on any atom is -0.376 e. The predicted octanol–water partition coefficient (Wildman–Crippen LogP) is 3.16. The summed E-state index contributed by atoms with van der Waals surface area (Å²) in [7, 11) is 0. The monoisotopic (exact) mass is 408 g/mol. The molecular formula is C24H32N4O2. The Labute approximate surface area is 179 Å². The van der Waals surface area contributed by atoms with Crippen molar-refractivity contribution in [2.24, 2.45) is 4.99 Å². The molecule has 0 aromatic heterocycles. The second-order valence-electron chi connectivity index (χ2n) is 7.52. The summed E-state index contributed by atoms with van der Waals surface area (Å²) in [5.74, 6) is 0.690. The van der Waals surface area contributed by atoms with E-state index in [4.69, 9.17) is 4.74 Å². The van der Waals surface area contributed by atoms with Crippen molar-refractivity contribution in [2.45, 2.75) is 45.9 Å². The Bertz CT molecular complexity index is 860. The third-order valence-corrected chi connectivity index (χ3v) is 5.17. The van der Waals surface area contributed by atoms with Crippen LogP contribution < -0.4 is 16.0 Å². The maximum atomic E-state index is 12.5. The van der Waals surface area contributed by atoms with Gasteiger partial charge in [-0.05, 0) is 55.5 Å². The van der Waals surface area contributed by atoms with Crippen molar-refractivity contribution in [1.29, 1.82) is 0 Å². The summed E-state index contributed by atoms with van der Waals surface area (Å²) >= 11 is 0. The first-order valence-electron chi connectivity index (χ1n) is 10.7. The molecule has 0 bridgehead atoms. The number of hydrogen-bond donors (Lipinski definition) is 3. The van der Waals surface area contributed by atoms with E-state index < -0.39 is 0 Å². The number of nitrogens with one attached hydrogen (secondary N) is 3. The Kier molecular flexibility index (Phi) is 8.27. The van der Waals surface area contributed by atoms with Gasteiger partial charge in [-0.2, -0.15) is 0 Å². The summed E-state index contributed by atoms with van der Waals surface area (Å²) in [6.07, 6.45) is 2.22. The molecule has 3 N–H and O–H groups in total. The highest BCUT2D eigenvalue weighted by molar-refractivity contribution is 5.94. The van der Waals surface area contributed by atoms with Gasteiger partial charge < -0.3 is 20.7 Å². The van der Waals surface area contributed by atoms with E-state index in [0.29, 0.717) is 25.2 Å². The van der Waals surface area contributed by atoms with Gasteiger partial charge in [-0.1, -0.05) is 36.4 Å². The molecule has 1 fully saturated rings. The van der Waals surface area contributed by atoms with Crippen molar-refractivity contribution >= 4 is 11.9 Å². The van der Waals surface area contributed by atoms with Gasteiger partial charge in [0.15, 0.2) is 5.96 Å². The molecule has 1 unspecified atom stereocenters. The third-order valence-electron chi connectivity index (χ3n) is 5.17. The van der Waals surface area contributed by atoms with E-state index in [0.717, 1.165) is 37.5 Å². The number of hydrogen-bond acceptors (Lipinski definition) is 3. The quantitative estimate of drug-likeness (QED) is 0.463. The van der Waals surface area contributed by atoms with Crippen molar-refractivity contribution in [3.63, 3.8) is 0 Å². The van der Waals surface area contributed by atoms with E-state index in [1.165, 1.54) is 11.1 Å². The molecule has 2 aromatic rings. The standard InChI is InChI=1S/C24H32N4O2/c1-3-25-24(28-16-21-10-5-4-8-18(21)2)27-15-19-9-6-11-20(14-19)23(29)26-17-22-12-7-13-30-22/h4-6,8-11,14,22H,3,7,12-13,15-17H2,1-2H3,(H,26,29)(H2,25,27,28). The minimum absolute atomic E-state index is 0.0686. The summed E-state index contributed by atoms with van der Waals surface area (Å²) in [5.41, 5.74) is 4.14. The van der Waals surface area contributed by atoms with E-state index >= 15 is 0 Å². The summed E-state index contributed by atoms with van der Waals surface area (Å²) in [6, 6.07) is 15.9. The van der Waals surface area contributed by atoms with Crippen LogP contribution in [0.2, 0.25) is 0 Å². The number of ether oxygens (including phenoxy) is 1. The Morgan fingerprint density at radius 2 is 2.00 bits per heavy atom. The zero-order chi connectivity index (χ0) is 21.2. The SMILES string of the molecule is CCNC(=NCc1cccc(C(=O)NCC2CCCO2)c1)NCc1ccccc1C. The van der Waals surface area contributed by atoms with Crippen molar-refractivity contribution < 1.29 is 9.53 Å². The molecule has 0 saturated carbocycles. The lowest BCUT2D eigenvalue weighted by atomic mass is 10.1. The van der Waals surface area contributed by atoms with Crippen LogP contribution in [0, 0.1) is 6.92 Å². The summed E-state index contributed by atoms with van der Waals surface area (Å²) < 4.78 is 5.57. The molecule has 0 radical (unpaired) electrons. The average molecular weight is 409 g/mol. The molecule has 3 rings (SSSR count). The number of carbonyl (C=O) groups excluding carboxylic acids is 1. The molecule has 1 saturated heterocycles. The van der Waals surface area contributed by atoms with E-state index in [9.17, 15) is 4.79 Å². The average Bonchev–Trinajstić information content (AvgIpc) is 3.29. The third kappa shape index (κ3) is 6.59. The van der Waals surface area contributed by atoms with Crippen molar-refractivity contribution in [1.82, 2.24) is 16.0 Å². The van der Waals surface area contributed by atoms with E-state index in [2.05, 4.69) is 40.0 Å². The number of benzene rings is 2. The van der Waals surface area contributed by atoms with Gasteiger partial charge in [-0.15, -0.1) is 0 Å².